The molecule has 0 saturated heterocycles. The number of anilines is 3. The Kier molecular flexibility index (Phi) is 9.75. The van der Waals surface area contributed by atoms with E-state index in [0.717, 1.165) is 44.9 Å². The monoisotopic (exact) mass is 915 g/mol. The van der Waals surface area contributed by atoms with Crippen LogP contribution in [-0.2, 0) is 5.41 Å². The van der Waals surface area contributed by atoms with Crippen LogP contribution in [0, 0.1) is 0 Å². The van der Waals surface area contributed by atoms with E-state index in [2.05, 4.69) is 260 Å². The molecule has 336 valence electrons. The Morgan fingerprint density at radius 3 is 1.36 bits per heavy atom. The average Bonchev–Trinajstić information content (AvgIpc) is 3.73. The lowest BCUT2D eigenvalue weighted by Crippen LogP contribution is -2.36. The number of rotatable bonds is 7. The minimum Gasteiger partial charge on any atom is -0.310 e. The molecule has 0 amide bonds. The molecule has 1 spiro atoms. The largest absolute Gasteiger partial charge is 0.310 e. The maximum Gasteiger partial charge on any atom is 0.160 e. The molecule has 3 nitrogen and oxygen atoms in total. The lowest BCUT2D eigenvalue weighted by Gasteiger charge is -2.45. The normalized spacial score (nSPS) is 12.8. The van der Waals surface area contributed by atoms with Crippen molar-refractivity contribution in [2.45, 2.75) is 5.41 Å². The quantitative estimate of drug-likeness (QED) is 0.160. The molecule has 0 unspecified atom stereocenters. The molecule has 0 atom stereocenters. The lowest BCUT2D eigenvalue weighted by molar-refractivity contribution is 0.753. The van der Waals surface area contributed by atoms with Crippen molar-refractivity contribution >= 4 is 27.8 Å². The smallest absolute Gasteiger partial charge is 0.160 e. The highest BCUT2D eigenvalue weighted by Gasteiger charge is 2.52. The van der Waals surface area contributed by atoms with E-state index in [-0.39, 0.29) is 0 Å². The molecule has 72 heavy (non-hydrogen) atoms. The van der Waals surface area contributed by atoms with Gasteiger partial charge in [-0.25, -0.2) is 9.97 Å². The third kappa shape index (κ3) is 6.74. The minimum atomic E-state index is -0.541. The molecule has 11 aromatic carbocycles. The van der Waals surface area contributed by atoms with Gasteiger partial charge in [-0.05, 0) is 138 Å². The summed E-state index contributed by atoms with van der Waals surface area (Å²) in [6.45, 7) is 0. The van der Waals surface area contributed by atoms with Gasteiger partial charge in [0, 0.05) is 22.4 Å². The first-order chi connectivity index (χ1) is 35.7. The topological polar surface area (TPSA) is 29.0 Å². The van der Waals surface area contributed by atoms with Crippen molar-refractivity contribution in [3.63, 3.8) is 0 Å². The van der Waals surface area contributed by atoms with Gasteiger partial charge in [-0.15, -0.1) is 0 Å². The zero-order valence-corrected chi connectivity index (χ0v) is 39.3. The Bertz CT molecular complexity index is 3980. The van der Waals surface area contributed by atoms with Crippen molar-refractivity contribution < 1.29 is 0 Å². The Hall–Kier alpha value is -9.44. The zero-order chi connectivity index (χ0) is 47.6. The first-order valence-corrected chi connectivity index (χ1v) is 24.7. The van der Waals surface area contributed by atoms with Gasteiger partial charge in [0.2, 0.25) is 0 Å². The van der Waals surface area contributed by atoms with Crippen molar-refractivity contribution in [2.24, 2.45) is 0 Å². The molecule has 1 aromatic heterocycles. The number of benzene rings is 11. The summed E-state index contributed by atoms with van der Waals surface area (Å²) in [6, 6.07) is 99.1. The molecule has 0 saturated carbocycles. The molecule has 0 radical (unpaired) electrons. The third-order valence-corrected chi connectivity index (χ3v) is 14.8. The second kappa shape index (κ2) is 16.9. The van der Waals surface area contributed by atoms with Crippen LogP contribution >= 0.6 is 0 Å². The first-order valence-electron chi connectivity index (χ1n) is 24.7. The van der Waals surface area contributed by atoms with E-state index in [1.165, 1.54) is 77.8 Å². The van der Waals surface area contributed by atoms with Crippen molar-refractivity contribution in [1.29, 1.82) is 0 Å². The summed E-state index contributed by atoms with van der Waals surface area (Å²) in [5, 5.41) is 2.48. The third-order valence-electron chi connectivity index (χ3n) is 14.8. The van der Waals surface area contributed by atoms with Crippen molar-refractivity contribution in [3.8, 4) is 78.4 Å². The van der Waals surface area contributed by atoms with Crippen molar-refractivity contribution in [2.75, 3.05) is 4.90 Å². The number of para-hydroxylation sites is 3. The second-order valence-corrected chi connectivity index (χ2v) is 18.9. The van der Waals surface area contributed by atoms with Crippen molar-refractivity contribution in [3.05, 3.63) is 295 Å². The zero-order valence-electron chi connectivity index (χ0n) is 39.3. The fourth-order valence-electron chi connectivity index (χ4n) is 11.5. The summed E-state index contributed by atoms with van der Waals surface area (Å²) >= 11 is 0. The molecule has 14 rings (SSSR count). The van der Waals surface area contributed by atoms with Crippen LogP contribution in [0.4, 0.5) is 17.1 Å². The molecule has 3 heteroatoms. The summed E-state index contributed by atoms with van der Waals surface area (Å²) in [4.78, 5) is 12.8. The van der Waals surface area contributed by atoms with Crippen LogP contribution in [-0.4, -0.2) is 9.97 Å². The van der Waals surface area contributed by atoms with Crippen LogP contribution in [0.15, 0.2) is 273 Å². The molecular formula is C69H45N3. The summed E-state index contributed by atoms with van der Waals surface area (Å²) in [6.07, 6.45) is 0. The molecular weight excluding hydrogens is 871 g/mol. The predicted octanol–water partition coefficient (Wildman–Crippen LogP) is 17.8. The second-order valence-electron chi connectivity index (χ2n) is 18.9. The standard InChI is InChI=1S/C69H45N3/c1-4-18-46(19-5-1)47-34-36-48(37-35-47)64-45-65(71-68(70-64)49-20-6-2-7-21-49)56-27-17-26-52(41-56)50-24-16-25-51(40-50)55-38-39-60-58(43-55)59-42-53-22-10-11-23-54(53)44-63(59)69(60)61-30-12-14-32-66(61)72(57-28-8-3-9-29-57)67-33-15-13-31-62(67)69/h1-45H. The highest BCUT2D eigenvalue weighted by atomic mass is 15.2. The fraction of sp³-hybridized carbons (Fsp3) is 0.0145. The van der Waals surface area contributed by atoms with Crippen LogP contribution < -0.4 is 4.90 Å². The molecule has 2 aliphatic rings. The maximum absolute atomic E-state index is 5.21. The predicted molar refractivity (Wildman–Crippen MR) is 298 cm³/mol. The molecule has 1 aliphatic carbocycles. The summed E-state index contributed by atoms with van der Waals surface area (Å²) < 4.78 is 0. The minimum absolute atomic E-state index is 0.541. The van der Waals surface area contributed by atoms with Crippen molar-refractivity contribution in [1.82, 2.24) is 9.97 Å². The van der Waals surface area contributed by atoms with Gasteiger partial charge in [-0.3, -0.25) is 0 Å². The molecule has 0 bridgehead atoms. The number of aromatic nitrogens is 2. The SMILES string of the molecule is c1ccc(-c2ccc(-c3cc(-c4cccc(-c5cccc(-c6ccc7c(c6)-c6cc8ccccc8cc6C76c7ccccc7N(c7ccccc7)c7ccccc76)c5)c4)nc(-c4ccccc4)n3)cc2)cc1. The Morgan fingerprint density at radius 2 is 0.708 bits per heavy atom. The van der Waals surface area contributed by atoms with E-state index in [4.69, 9.17) is 9.97 Å². The van der Waals surface area contributed by atoms with Crippen LogP contribution in [0.5, 0.6) is 0 Å². The van der Waals surface area contributed by atoms with Crippen LogP contribution in [0.2, 0.25) is 0 Å². The highest BCUT2D eigenvalue weighted by molar-refractivity contribution is 6.01. The van der Waals surface area contributed by atoms with E-state index >= 15 is 0 Å². The van der Waals surface area contributed by atoms with Gasteiger partial charge in [-0.1, -0.05) is 212 Å². The number of hydrogen-bond acceptors (Lipinski definition) is 3. The van der Waals surface area contributed by atoms with Gasteiger partial charge >= 0.3 is 0 Å². The molecule has 12 aromatic rings. The van der Waals surface area contributed by atoms with Gasteiger partial charge in [0.05, 0.1) is 28.2 Å². The number of hydrogen-bond donors (Lipinski definition) is 0. The average molecular weight is 916 g/mol. The molecule has 0 N–H and O–H groups in total. The van der Waals surface area contributed by atoms with Crippen LogP contribution in [0.1, 0.15) is 22.3 Å². The van der Waals surface area contributed by atoms with Gasteiger partial charge in [-0.2, -0.15) is 0 Å². The first kappa shape index (κ1) is 41.5. The van der Waals surface area contributed by atoms with E-state index in [0.29, 0.717) is 5.82 Å². The Balaban J connectivity index is 0.880. The fourth-order valence-corrected chi connectivity index (χ4v) is 11.5. The van der Waals surface area contributed by atoms with E-state index in [1.807, 2.05) is 18.2 Å². The molecule has 2 heterocycles. The van der Waals surface area contributed by atoms with Gasteiger partial charge < -0.3 is 4.90 Å². The summed E-state index contributed by atoms with van der Waals surface area (Å²) in [5.74, 6) is 0.698. The Morgan fingerprint density at radius 1 is 0.264 bits per heavy atom. The highest BCUT2D eigenvalue weighted by Crippen LogP contribution is 2.64. The van der Waals surface area contributed by atoms with E-state index in [9.17, 15) is 0 Å². The van der Waals surface area contributed by atoms with Gasteiger partial charge in [0.25, 0.3) is 0 Å². The van der Waals surface area contributed by atoms with E-state index < -0.39 is 5.41 Å². The molecule has 0 fully saturated rings. The summed E-state index contributed by atoms with van der Waals surface area (Å²) in [7, 11) is 0. The summed E-state index contributed by atoms with van der Waals surface area (Å²) in [5.41, 5.74) is 22.5. The van der Waals surface area contributed by atoms with Gasteiger partial charge in [0.1, 0.15) is 0 Å². The Labute approximate surface area is 419 Å². The molecule has 1 aliphatic heterocycles. The van der Waals surface area contributed by atoms with Crippen LogP contribution in [0.25, 0.3) is 89.2 Å². The van der Waals surface area contributed by atoms with Crippen LogP contribution in [0.3, 0.4) is 0 Å². The number of fused-ring (bicyclic) bond motifs is 10. The number of nitrogens with zero attached hydrogens (tertiary/aromatic N) is 3. The lowest BCUT2D eigenvalue weighted by atomic mass is 9.64. The van der Waals surface area contributed by atoms with E-state index in [1.54, 1.807) is 0 Å². The van der Waals surface area contributed by atoms with Gasteiger partial charge in [0.15, 0.2) is 5.82 Å². The maximum atomic E-state index is 5.21.